The minimum atomic E-state index is -0.421. The molecule has 1 aromatic rings. The van der Waals surface area contributed by atoms with E-state index >= 15 is 0 Å². The van der Waals surface area contributed by atoms with Crippen LogP contribution in [0.3, 0.4) is 0 Å². The Bertz CT molecular complexity index is 498. The summed E-state index contributed by atoms with van der Waals surface area (Å²) in [6.07, 6.45) is 1.50. The predicted molar refractivity (Wildman–Crippen MR) is 63.3 cm³/mol. The van der Waals surface area contributed by atoms with E-state index in [1.807, 2.05) is 6.07 Å². The summed E-state index contributed by atoms with van der Waals surface area (Å²) in [6, 6.07) is 6.67. The van der Waals surface area contributed by atoms with Gasteiger partial charge in [-0.25, -0.2) is 9.80 Å². The molecule has 1 heterocycles. The number of nitrogens with two attached hydrogens (primary N) is 1. The van der Waals surface area contributed by atoms with Crippen molar-refractivity contribution in [2.45, 2.75) is 0 Å². The fourth-order valence-corrected chi connectivity index (χ4v) is 1.45. The summed E-state index contributed by atoms with van der Waals surface area (Å²) in [5, 5.41) is 5.07. The molecule has 0 radical (unpaired) electrons. The molecule has 3 amide bonds. The smallest absolute Gasteiger partial charge is 0.347 e. The van der Waals surface area contributed by atoms with Crippen molar-refractivity contribution < 1.29 is 9.59 Å². The first-order chi connectivity index (χ1) is 8.08. The lowest BCUT2D eigenvalue weighted by atomic mass is 10.2. The van der Waals surface area contributed by atoms with Crippen LogP contribution in [0.1, 0.15) is 5.56 Å². The zero-order valence-electron chi connectivity index (χ0n) is 9.33. The van der Waals surface area contributed by atoms with Crippen molar-refractivity contribution in [2.75, 3.05) is 19.3 Å². The lowest BCUT2D eigenvalue weighted by Crippen LogP contribution is -2.26. The van der Waals surface area contributed by atoms with E-state index in [2.05, 4.69) is 5.10 Å². The lowest BCUT2D eigenvalue weighted by Gasteiger charge is -2.07. The number of amides is 3. The summed E-state index contributed by atoms with van der Waals surface area (Å²) in [7, 11) is 1.43. The van der Waals surface area contributed by atoms with Gasteiger partial charge in [0.1, 0.15) is 6.54 Å². The molecule has 6 heteroatoms. The number of carbonyl (C=O) groups excluding carboxylic acids is 2. The highest BCUT2D eigenvalue weighted by atomic mass is 16.2. The van der Waals surface area contributed by atoms with Crippen LogP contribution in [-0.2, 0) is 4.79 Å². The molecular formula is C11H12N4O2. The molecule has 0 bridgehead atoms. The number of hydrogen-bond donors (Lipinski definition) is 1. The number of carbonyl (C=O) groups is 2. The largest absolute Gasteiger partial charge is 0.399 e. The minimum absolute atomic E-state index is 0.0197. The van der Waals surface area contributed by atoms with Gasteiger partial charge >= 0.3 is 6.03 Å². The van der Waals surface area contributed by atoms with E-state index in [0.29, 0.717) is 5.69 Å². The SMILES string of the molecule is CN1C(=O)CN(/N=C/c2cccc(N)c2)C1=O. The van der Waals surface area contributed by atoms with Crippen LogP contribution in [0.4, 0.5) is 10.5 Å². The van der Waals surface area contributed by atoms with E-state index in [0.717, 1.165) is 15.5 Å². The first-order valence-electron chi connectivity index (χ1n) is 5.05. The monoisotopic (exact) mass is 232 g/mol. The van der Waals surface area contributed by atoms with E-state index in [-0.39, 0.29) is 12.5 Å². The van der Waals surface area contributed by atoms with Crippen molar-refractivity contribution in [3.63, 3.8) is 0 Å². The normalized spacial score (nSPS) is 16.3. The third kappa shape index (κ3) is 2.25. The molecule has 0 spiro atoms. The maximum atomic E-state index is 11.5. The number of urea groups is 1. The van der Waals surface area contributed by atoms with E-state index < -0.39 is 6.03 Å². The van der Waals surface area contributed by atoms with Crippen LogP contribution in [0, 0.1) is 0 Å². The Hall–Kier alpha value is -2.37. The molecule has 1 aromatic carbocycles. The maximum absolute atomic E-state index is 11.5. The third-order valence-electron chi connectivity index (χ3n) is 2.42. The minimum Gasteiger partial charge on any atom is -0.399 e. The van der Waals surface area contributed by atoms with Crippen molar-refractivity contribution >= 4 is 23.8 Å². The number of hydrogen-bond acceptors (Lipinski definition) is 4. The van der Waals surface area contributed by atoms with E-state index in [1.165, 1.54) is 13.3 Å². The zero-order valence-corrected chi connectivity index (χ0v) is 9.33. The number of hydrazone groups is 1. The number of benzene rings is 1. The highest BCUT2D eigenvalue weighted by Gasteiger charge is 2.32. The summed E-state index contributed by atoms with van der Waals surface area (Å²) in [6.45, 7) is -0.0197. The molecule has 1 saturated heterocycles. The summed E-state index contributed by atoms with van der Waals surface area (Å²) in [4.78, 5) is 23.8. The predicted octanol–water partition coefficient (Wildman–Crippen LogP) is 0.497. The molecule has 2 N–H and O–H groups in total. The van der Waals surface area contributed by atoms with E-state index in [4.69, 9.17) is 5.73 Å². The topological polar surface area (TPSA) is 79.0 Å². The Kier molecular flexibility index (Phi) is 2.78. The second kappa shape index (κ2) is 4.25. The van der Waals surface area contributed by atoms with Crippen LogP contribution in [0.2, 0.25) is 0 Å². The molecule has 6 nitrogen and oxygen atoms in total. The van der Waals surface area contributed by atoms with Gasteiger partial charge in [-0.3, -0.25) is 9.69 Å². The van der Waals surface area contributed by atoms with E-state index in [1.54, 1.807) is 18.2 Å². The van der Waals surface area contributed by atoms with Crippen molar-refractivity contribution in [1.82, 2.24) is 9.91 Å². The second-order valence-electron chi connectivity index (χ2n) is 3.71. The summed E-state index contributed by atoms with van der Waals surface area (Å²) < 4.78 is 0. The van der Waals surface area contributed by atoms with Crippen LogP contribution in [0.15, 0.2) is 29.4 Å². The zero-order chi connectivity index (χ0) is 12.4. The maximum Gasteiger partial charge on any atom is 0.347 e. The van der Waals surface area contributed by atoms with Crippen molar-refractivity contribution in [3.8, 4) is 0 Å². The molecular weight excluding hydrogens is 220 g/mol. The molecule has 1 fully saturated rings. The van der Waals surface area contributed by atoms with Crippen LogP contribution < -0.4 is 5.73 Å². The number of anilines is 1. The molecule has 0 saturated carbocycles. The summed E-state index contributed by atoms with van der Waals surface area (Å²) >= 11 is 0. The Labute approximate surface area is 98.3 Å². The fourth-order valence-electron chi connectivity index (χ4n) is 1.45. The highest BCUT2D eigenvalue weighted by Crippen LogP contribution is 2.09. The molecule has 1 aliphatic heterocycles. The van der Waals surface area contributed by atoms with Crippen LogP contribution in [0.25, 0.3) is 0 Å². The fraction of sp³-hybridized carbons (Fsp3) is 0.182. The number of rotatable bonds is 2. The number of imide groups is 1. The summed E-state index contributed by atoms with van der Waals surface area (Å²) in [5.74, 6) is -0.264. The molecule has 0 unspecified atom stereocenters. The third-order valence-corrected chi connectivity index (χ3v) is 2.42. The van der Waals surface area contributed by atoms with Gasteiger partial charge in [-0.05, 0) is 17.7 Å². The van der Waals surface area contributed by atoms with Gasteiger partial charge in [0, 0.05) is 12.7 Å². The average molecular weight is 232 g/mol. The Morgan fingerprint density at radius 1 is 1.41 bits per heavy atom. The van der Waals surface area contributed by atoms with Crippen LogP contribution in [-0.4, -0.2) is 41.7 Å². The molecule has 0 aromatic heterocycles. The van der Waals surface area contributed by atoms with E-state index in [9.17, 15) is 9.59 Å². The van der Waals surface area contributed by atoms with Gasteiger partial charge in [-0.15, -0.1) is 0 Å². The highest BCUT2D eigenvalue weighted by molar-refractivity contribution is 6.01. The number of likely N-dealkylation sites (N-methyl/N-ethyl adjacent to an activating group) is 1. The van der Waals surface area contributed by atoms with Gasteiger partial charge in [-0.2, -0.15) is 5.10 Å². The van der Waals surface area contributed by atoms with Crippen molar-refractivity contribution in [3.05, 3.63) is 29.8 Å². The van der Waals surface area contributed by atoms with Gasteiger partial charge in [0.2, 0.25) is 0 Å². The Morgan fingerprint density at radius 3 is 2.76 bits per heavy atom. The summed E-state index contributed by atoms with van der Waals surface area (Å²) in [5.41, 5.74) is 7.01. The first kappa shape index (κ1) is 11.1. The quantitative estimate of drug-likeness (QED) is 0.458. The van der Waals surface area contributed by atoms with Gasteiger partial charge in [0.25, 0.3) is 5.91 Å². The molecule has 17 heavy (non-hydrogen) atoms. The van der Waals surface area contributed by atoms with Crippen LogP contribution >= 0.6 is 0 Å². The first-order valence-corrected chi connectivity index (χ1v) is 5.05. The average Bonchev–Trinajstić information content (AvgIpc) is 2.54. The molecule has 2 rings (SSSR count). The number of nitrogen functional groups attached to an aromatic ring is 1. The molecule has 0 atom stereocenters. The number of nitrogens with zero attached hydrogens (tertiary/aromatic N) is 3. The Morgan fingerprint density at radius 2 is 2.18 bits per heavy atom. The Balaban J connectivity index is 2.12. The van der Waals surface area contributed by atoms with Crippen molar-refractivity contribution in [2.24, 2.45) is 5.10 Å². The molecule has 88 valence electrons. The van der Waals surface area contributed by atoms with Gasteiger partial charge < -0.3 is 5.73 Å². The molecule has 1 aliphatic rings. The van der Waals surface area contributed by atoms with Gasteiger partial charge in [0.05, 0.1) is 6.21 Å². The van der Waals surface area contributed by atoms with Crippen molar-refractivity contribution in [1.29, 1.82) is 0 Å². The van der Waals surface area contributed by atoms with Gasteiger partial charge in [-0.1, -0.05) is 12.1 Å². The standard InChI is InChI=1S/C11H12N4O2/c1-14-10(16)7-15(11(14)17)13-6-8-3-2-4-9(12)5-8/h2-6H,7,12H2,1H3/b13-6+. The second-order valence-corrected chi connectivity index (χ2v) is 3.71. The molecule has 0 aliphatic carbocycles. The lowest BCUT2D eigenvalue weighted by molar-refractivity contribution is -0.124. The van der Waals surface area contributed by atoms with Gasteiger partial charge in [0.15, 0.2) is 0 Å². The van der Waals surface area contributed by atoms with Crippen LogP contribution in [0.5, 0.6) is 0 Å².